The molecule has 1 N–H and O–H groups in total. The van der Waals surface area contributed by atoms with Gasteiger partial charge >= 0.3 is 0 Å². The summed E-state index contributed by atoms with van der Waals surface area (Å²) in [6.07, 6.45) is 5.06. The second-order valence-electron chi connectivity index (χ2n) is 5.06. The molecule has 0 amide bonds. The van der Waals surface area contributed by atoms with Gasteiger partial charge in [-0.25, -0.2) is 0 Å². The normalized spacial score (nSPS) is 18.4. The number of aromatic hydroxyl groups is 1. The number of phenols is 1. The minimum atomic E-state index is 0.399. The van der Waals surface area contributed by atoms with Gasteiger partial charge in [0.2, 0.25) is 0 Å². The van der Waals surface area contributed by atoms with Gasteiger partial charge < -0.3 is 10.0 Å². The zero-order chi connectivity index (χ0) is 12.1. The van der Waals surface area contributed by atoms with Crippen LogP contribution in [0.5, 0.6) is 5.75 Å². The molecule has 1 aromatic rings. The summed E-state index contributed by atoms with van der Waals surface area (Å²) < 4.78 is 0. The van der Waals surface area contributed by atoms with Gasteiger partial charge in [-0.05, 0) is 62.5 Å². The van der Waals surface area contributed by atoms with E-state index in [0.717, 1.165) is 0 Å². The lowest BCUT2D eigenvalue weighted by atomic mass is 9.89. The average Bonchev–Trinajstić information content (AvgIpc) is 2.37. The molecule has 2 heteroatoms. The van der Waals surface area contributed by atoms with Crippen molar-refractivity contribution in [2.75, 3.05) is 19.6 Å². The Labute approximate surface area is 104 Å². The van der Waals surface area contributed by atoms with Crippen LogP contribution in [-0.4, -0.2) is 29.6 Å². The van der Waals surface area contributed by atoms with E-state index in [1.54, 1.807) is 6.07 Å². The Morgan fingerprint density at radius 3 is 2.71 bits per heavy atom. The van der Waals surface area contributed by atoms with Crippen LogP contribution < -0.4 is 0 Å². The molecule has 0 unspecified atom stereocenters. The van der Waals surface area contributed by atoms with Crippen LogP contribution in [0.25, 0.3) is 0 Å². The summed E-state index contributed by atoms with van der Waals surface area (Å²) >= 11 is 0. The van der Waals surface area contributed by atoms with Crippen molar-refractivity contribution in [2.45, 2.75) is 38.5 Å². The van der Waals surface area contributed by atoms with Gasteiger partial charge in [0.05, 0.1) is 0 Å². The van der Waals surface area contributed by atoms with Crippen LogP contribution >= 0.6 is 0 Å². The zero-order valence-electron chi connectivity index (χ0n) is 10.7. The third-order valence-electron chi connectivity index (χ3n) is 3.76. The molecular weight excluding hydrogens is 210 g/mol. The van der Waals surface area contributed by atoms with Gasteiger partial charge in [-0.3, -0.25) is 0 Å². The van der Waals surface area contributed by atoms with E-state index in [9.17, 15) is 5.11 Å². The number of hydrogen-bond donors (Lipinski definition) is 1. The lowest BCUT2D eigenvalue weighted by Gasteiger charge is -2.32. The van der Waals surface area contributed by atoms with Gasteiger partial charge in [0.25, 0.3) is 0 Å². The summed E-state index contributed by atoms with van der Waals surface area (Å²) in [5, 5.41) is 9.50. The first-order valence-corrected chi connectivity index (χ1v) is 6.81. The van der Waals surface area contributed by atoms with Crippen molar-refractivity contribution in [3.63, 3.8) is 0 Å². The molecule has 1 aliphatic rings. The Bertz CT molecular complexity index is 343. The summed E-state index contributed by atoms with van der Waals surface area (Å²) in [6.45, 7) is 5.92. The summed E-state index contributed by atoms with van der Waals surface area (Å²) in [5.41, 5.74) is 1.31. The third-order valence-corrected chi connectivity index (χ3v) is 3.76. The molecule has 0 spiro atoms. The SMILES string of the molecule is CCCCN1CCC(c2cccc(O)c2)CC1. The number of nitrogens with zero attached hydrogens (tertiary/aromatic N) is 1. The highest BCUT2D eigenvalue weighted by atomic mass is 16.3. The van der Waals surface area contributed by atoms with Gasteiger partial charge in [-0.2, -0.15) is 0 Å². The van der Waals surface area contributed by atoms with E-state index < -0.39 is 0 Å². The van der Waals surface area contributed by atoms with Crippen molar-refractivity contribution in [1.29, 1.82) is 0 Å². The molecule has 1 aromatic carbocycles. The monoisotopic (exact) mass is 233 g/mol. The van der Waals surface area contributed by atoms with Crippen LogP contribution in [0, 0.1) is 0 Å². The number of phenolic OH excluding ortho intramolecular Hbond substituents is 1. The van der Waals surface area contributed by atoms with Crippen LogP contribution in [-0.2, 0) is 0 Å². The fourth-order valence-electron chi connectivity index (χ4n) is 2.65. The summed E-state index contributed by atoms with van der Waals surface area (Å²) in [5.74, 6) is 1.04. The standard InChI is InChI=1S/C15H23NO/c1-2-3-9-16-10-7-13(8-11-16)14-5-4-6-15(17)12-14/h4-6,12-13,17H,2-3,7-11H2,1H3. The first kappa shape index (κ1) is 12.4. The van der Waals surface area contributed by atoms with Crippen molar-refractivity contribution in [1.82, 2.24) is 4.90 Å². The van der Waals surface area contributed by atoms with Crippen molar-refractivity contribution in [3.8, 4) is 5.75 Å². The number of benzene rings is 1. The maximum atomic E-state index is 9.50. The Hall–Kier alpha value is -1.02. The topological polar surface area (TPSA) is 23.5 Å². The second kappa shape index (κ2) is 6.06. The molecule has 1 heterocycles. The van der Waals surface area contributed by atoms with Crippen molar-refractivity contribution < 1.29 is 5.11 Å². The van der Waals surface area contributed by atoms with Crippen LogP contribution in [0.15, 0.2) is 24.3 Å². The van der Waals surface area contributed by atoms with E-state index in [4.69, 9.17) is 0 Å². The van der Waals surface area contributed by atoms with E-state index >= 15 is 0 Å². The Balaban J connectivity index is 1.86. The molecule has 2 nitrogen and oxygen atoms in total. The fraction of sp³-hybridized carbons (Fsp3) is 0.600. The molecule has 0 aromatic heterocycles. The van der Waals surface area contributed by atoms with Gasteiger partial charge in [0, 0.05) is 0 Å². The smallest absolute Gasteiger partial charge is 0.115 e. The molecule has 1 aliphatic heterocycles. The zero-order valence-corrected chi connectivity index (χ0v) is 10.7. The Kier molecular flexibility index (Phi) is 4.43. The van der Waals surface area contributed by atoms with Crippen LogP contribution in [0.2, 0.25) is 0 Å². The molecule has 0 saturated carbocycles. The van der Waals surface area contributed by atoms with Gasteiger partial charge in [0.15, 0.2) is 0 Å². The molecule has 0 bridgehead atoms. The van der Waals surface area contributed by atoms with Gasteiger partial charge in [-0.1, -0.05) is 25.5 Å². The number of likely N-dealkylation sites (tertiary alicyclic amines) is 1. The van der Waals surface area contributed by atoms with E-state index in [1.165, 1.54) is 50.9 Å². The van der Waals surface area contributed by atoms with E-state index in [1.807, 2.05) is 12.1 Å². The Morgan fingerprint density at radius 1 is 1.29 bits per heavy atom. The quantitative estimate of drug-likeness (QED) is 0.862. The summed E-state index contributed by atoms with van der Waals surface area (Å²) in [4.78, 5) is 2.57. The molecule has 94 valence electrons. The molecule has 0 radical (unpaired) electrons. The predicted octanol–water partition coefficient (Wildman–Crippen LogP) is 3.37. The first-order valence-electron chi connectivity index (χ1n) is 6.81. The van der Waals surface area contributed by atoms with Crippen LogP contribution in [0.1, 0.15) is 44.1 Å². The van der Waals surface area contributed by atoms with E-state index in [0.29, 0.717) is 11.7 Å². The van der Waals surface area contributed by atoms with Gasteiger partial charge in [0.1, 0.15) is 5.75 Å². The van der Waals surface area contributed by atoms with Crippen molar-refractivity contribution >= 4 is 0 Å². The van der Waals surface area contributed by atoms with Gasteiger partial charge in [-0.15, -0.1) is 0 Å². The number of rotatable bonds is 4. The summed E-state index contributed by atoms with van der Waals surface area (Å²) in [7, 11) is 0. The lowest BCUT2D eigenvalue weighted by molar-refractivity contribution is 0.209. The Morgan fingerprint density at radius 2 is 2.06 bits per heavy atom. The minimum absolute atomic E-state index is 0.399. The minimum Gasteiger partial charge on any atom is -0.508 e. The fourth-order valence-corrected chi connectivity index (χ4v) is 2.65. The summed E-state index contributed by atoms with van der Waals surface area (Å²) in [6, 6.07) is 7.77. The van der Waals surface area contributed by atoms with E-state index in [2.05, 4.69) is 17.9 Å². The molecule has 0 atom stereocenters. The molecular formula is C15H23NO. The maximum Gasteiger partial charge on any atom is 0.115 e. The molecule has 2 rings (SSSR count). The molecule has 0 aliphatic carbocycles. The molecule has 1 saturated heterocycles. The number of hydrogen-bond acceptors (Lipinski definition) is 2. The van der Waals surface area contributed by atoms with Crippen molar-refractivity contribution in [2.24, 2.45) is 0 Å². The second-order valence-corrected chi connectivity index (χ2v) is 5.06. The van der Waals surface area contributed by atoms with Crippen LogP contribution in [0.3, 0.4) is 0 Å². The van der Waals surface area contributed by atoms with E-state index in [-0.39, 0.29) is 0 Å². The molecule has 17 heavy (non-hydrogen) atoms. The third kappa shape index (κ3) is 3.47. The first-order chi connectivity index (χ1) is 8.29. The van der Waals surface area contributed by atoms with Crippen molar-refractivity contribution in [3.05, 3.63) is 29.8 Å². The highest BCUT2D eigenvalue weighted by Gasteiger charge is 2.20. The van der Waals surface area contributed by atoms with Crippen LogP contribution in [0.4, 0.5) is 0 Å². The maximum absolute atomic E-state index is 9.50. The highest BCUT2D eigenvalue weighted by molar-refractivity contribution is 5.29. The average molecular weight is 233 g/mol. The predicted molar refractivity (Wildman–Crippen MR) is 71.4 cm³/mol. The molecule has 1 fully saturated rings. The highest BCUT2D eigenvalue weighted by Crippen LogP contribution is 2.29. The largest absolute Gasteiger partial charge is 0.508 e. The number of piperidine rings is 1. The lowest BCUT2D eigenvalue weighted by Crippen LogP contribution is -2.33. The number of unbranched alkanes of at least 4 members (excludes halogenated alkanes) is 1.